The van der Waals surface area contributed by atoms with Gasteiger partial charge in [-0.25, -0.2) is 0 Å². The number of piperazine rings is 1. The maximum atomic E-state index is 14.5. The first kappa shape index (κ1) is 32.0. The van der Waals surface area contributed by atoms with Gasteiger partial charge in [-0.2, -0.15) is 0 Å². The average Bonchev–Trinajstić information content (AvgIpc) is 3.08. The molecule has 0 spiro atoms. The number of hydrogen-bond donors (Lipinski definition) is 0. The molecule has 0 N–H and O–H groups in total. The summed E-state index contributed by atoms with van der Waals surface area (Å²) >= 11 is 0. The van der Waals surface area contributed by atoms with Crippen molar-refractivity contribution < 1.29 is 14.3 Å². The first-order chi connectivity index (χ1) is 21.9. The van der Waals surface area contributed by atoms with Crippen LogP contribution in [0.1, 0.15) is 48.6 Å². The van der Waals surface area contributed by atoms with E-state index in [9.17, 15) is 9.59 Å². The molecule has 234 valence electrons. The quantitative estimate of drug-likeness (QED) is 0.183. The highest BCUT2D eigenvalue weighted by molar-refractivity contribution is 5.88. The summed E-state index contributed by atoms with van der Waals surface area (Å²) < 4.78 is 5.35. The van der Waals surface area contributed by atoms with Crippen LogP contribution in [0, 0.1) is 5.92 Å². The summed E-state index contributed by atoms with van der Waals surface area (Å²) in [5.74, 6) is 0.958. The molecule has 1 atom stereocenters. The zero-order chi connectivity index (χ0) is 31.6. The van der Waals surface area contributed by atoms with Gasteiger partial charge in [-0.3, -0.25) is 14.5 Å². The lowest BCUT2D eigenvalue weighted by Gasteiger charge is -2.42. The second-order valence-corrected chi connectivity index (χ2v) is 12.3. The third-order valence-corrected chi connectivity index (χ3v) is 8.57. The third kappa shape index (κ3) is 8.40. The van der Waals surface area contributed by atoms with Crippen LogP contribution in [0.3, 0.4) is 0 Å². The Morgan fingerprint density at radius 2 is 1.24 bits per heavy atom. The molecule has 5 rings (SSSR count). The second kappa shape index (κ2) is 15.5. The molecule has 6 nitrogen and oxygen atoms in total. The van der Waals surface area contributed by atoms with Gasteiger partial charge in [-0.05, 0) is 40.3 Å². The van der Waals surface area contributed by atoms with Gasteiger partial charge in [0.2, 0.25) is 11.8 Å². The van der Waals surface area contributed by atoms with Gasteiger partial charge in [0.05, 0.1) is 13.2 Å². The summed E-state index contributed by atoms with van der Waals surface area (Å²) in [5, 5.41) is 0. The molecule has 4 aromatic carbocycles. The van der Waals surface area contributed by atoms with Gasteiger partial charge >= 0.3 is 0 Å². The molecule has 4 aromatic rings. The number of benzene rings is 4. The number of methoxy groups -OCH3 is 1. The van der Waals surface area contributed by atoms with Crippen LogP contribution >= 0.6 is 0 Å². The van der Waals surface area contributed by atoms with Crippen LogP contribution in [0.4, 0.5) is 0 Å². The van der Waals surface area contributed by atoms with Crippen molar-refractivity contribution in [2.24, 2.45) is 5.92 Å². The predicted molar refractivity (Wildman–Crippen MR) is 180 cm³/mol. The normalized spacial score (nSPS) is 14.4. The molecular formula is C39H45N3O3. The number of nitrogens with zero attached hydrogens (tertiary/aromatic N) is 3. The number of carbonyl (C=O) groups is 2. The topological polar surface area (TPSA) is 53.1 Å². The largest absolute Gasteiger partial charge is 0.497 e. The van der Waals surface area contributed by atoms with E-state index in [0.717, 1.165) is 30.0 Å². The summed E-state index contributed by atoms with van der Waals surface area (Å²) in [4.78, 5) is 34.7. The average molecular weight is 604 g/mol. The predicted octanol–water partition coefficient (Wildman–Crippen LogP) is 6.62. The Bertz CT molecular complexity index is 1450. The highest BCUT2D eigenvalue weighted by atomic mass is 16.5. The van der Waals surface area contributed by atoms with Crippen LogP contribution in [0.25, 0.3) is 0 Å². The van der Waals surface area contributed by atoms with E-state index in [2.05, 4.69) is 53.4 Å². The lowest BCUT2D eigenvalue weighted by Crippen LogP contribution is -2.57. The number of carbonyl (C=O) groups excluding carboxylic acids is 2. The third-order valence-electron chi connectivity index (χ3n) is 8.57. The molecule has 1 heterocycles. The minimum Gasteiger partial charge on any atom is -0.497 e. The van der Waals surface area contributed by atoms with E-state index in [1.807, 2.05) is 90.4 Å². The lowest BCUT2D eigenvalue weighted by molar-refractivity contribution is -0.148. The molecule has 1 fully saturated rings. The van der Waals surface area contributed by atoms with Gasteiger partial charge < -0.3 is 14.5 Å². The van der Waals surface area contributed by atoms with Crippen LogP contribution in [0.5, 0.6) is 5.75 Å². The number of rotatable bonds is 12. The van der Waals surface area contributed by atoms with E-state index in [0.29, 0.717) is 32.5 Å². The molecule has 6 heteroatoms. The highest BCUT2D eigenvalue weighted by Gasteiger charge is 2.36. The summed E-state index contributed by atoms with van der Waals surface area (Å²) in [6, 6.07) is 38.5. The monoisotopic (exact) mass is 603 g/mol. The van der Waals surface area contributed by atoms with Crippen molar-refractivity contribution in [1.29, 1.82) is 0 Å². The van der Waals surface area contributed by atoms with Crippen molar-refractivity contribution >= 4 is 11.8 Å². The van der Waals surface area contributed by atoms with Crippen LogP contribution in [-0.4, -0.2) is 65.8 Å². The van der Waals surface area contributed by atoms with Gasteiger partial charge in [0.15, 0.2) is 0 Å². The fourth-order valence-electron chi connectivity index (χ4n) is 6.23. The molecule has 45 heavy (non-hydrogen) atoms. The Morgan fingerprint density at radius 3 is 1.76 bits per heavy atom. The minimum atomic E-state index is -0.605. The van der Waals surface area contributed by atoms with Gasteiger partial charge in [0.25, 0.3) is 0 Å². The van der Waals surface area contributed by atoms with Crippen LogP contribution in [0.15, 0.2) is 115 Å². The first-order valence-corrected chi connectivity index (χ1v) is 16.0. The number of amides is 2. The van der Waals surface area contributed by atoms with E-state index in [-0.39, 0.29) is 23.8 Å². The molecule has 1 saturated heterocycles. The van der Waals surface area contributed by atoms with Crippen LogP contribution in [0.2, 0.25) is 0 Å². The van der Waals surface area contributed by atoms with Gasteiger partial charge in [0.1, 0.15) is 11.8 Å². The molecule has 1 aliphatic heterocycles. The fraction of sp³-hybridized carbons (Fsp3) is 0.333. The Labute approximate surface area is 268 Å². The van der Waals surface area contributed by atoms with Crippen molar-refractivity contribution in [3.8, 4) is 5.75 Å². The van der Waals surface area contributed by atoms with Crippen molar-refractivity contribution in [2.75, 3.05) is 33.3 Å². The van der Waals surface area contributed by atoms with Gasteiger partial charge in [-0.1, -0.05) is 117 Å². The SMILES string of the molecule is COc1ccc(CN(C(=O)CC(C)C)C(Cc2ccccc2)C(=O)N2CCN(C(c3ccccc3)c3ccccc3)CC2)cc1. The van der Waals surface area contributed by atoms with Crippen molar-refractivity contribution in [3.05, 3.63) is 138 Å². The van der Waals surface area contributed by atoms with Gasteiger partial charge in [-0.15, -0.1) is 0 Å². The molecule has 0 saturated carbocycles. The Hall–Kier alpha value is -4.42. The molecule has 0 aliphatic carbocycles. The highest BCUT2D eigenvalue weighted by Crippen LogP contribution is 2.30. The lowest BCUT2D eigenvalue weighted by atomic mass is 9.96. The summed E-state index contributed by atoms with van der Waals surface area (Å²) in [7, 11) is 1.64. The van der Waals surface area contributed by atoms with Crippen LogP contribution < -0.4 is 4.74 Å². The minimum absolute atomic E-state index is 0.00181. The molecule has 0 aromatic heterocycles. The maximum Gasteiger partial charge on any atom is 0.245 e. The molecule has 0 radical (unpaired) electrons. The van der Waals surface area contributed by atoms with Crippen LogP contribution in [-0.2, 0) is 22.6 Å². The van der Waals surface area contributed by atoms with E-state index < -0.39 is 6.04 Å². The standard InChI is InChI=1S/C39H45N3O3/c1-30(2)27-37(43)42(29-32-19-21-35(45-3)22-20-32)36(28-31-13-7-4-8-14-31)39(44)41-25-23-40(24-26-41)38(33-15-9-5-10-16-33)34-17-11-6-12-18-34/h4-22,30,36,38H,23-29H2,1-3H3. The Kier molecular flexibility index (Phi) is 11.0. The molecule has 1 aliphatic rings. The van der Waals surface area contributed by atoms with E-state index in [1.54, 1.807) is 7.11 Å². The van der Waals surface area contributed by atoms with Gasteiger partial charge in [0, 0.05) is 45.6 Å². The molecule has 1 unspecified atom stereocenters. The van der Waals surface area contributed by atoms with E-state index in [4.69, 9.17) is 4.74 Å². The van der Waals surface area contributed by atoms with Crippen molar-refractivity contribution in [2.45, 2.75) is 45.3 Å². The first-order valence-electron chi connectivity index (χ1n) is 16.0. The Morgan fingerprint density at radius 1 is 0.711 bits per heavy atom. The zero-order valence-electron chi connectivity index (χ0n) is 26.7. The number of ether oxygens (including phenoxy) is 1. The molecule has 2 amide bonds. The van der Waals surface area contributed by atoms with E-state index >= 15 is 0 Å². The summed E-state index contributed by atoms with van der Waals surface area (Å²) in [5.41, 5.74) is 4.50. The summed E-state index contributed by atoms with van der Waals surface area (Å²) in [6.45, 7) is 7.17. The molecule has 0 bridgehead atoms. The summed E-state index contributed by atoms with van der Waals surface area (Å²) in [6.07, 6.45) is 0.856. The Balaban J connectivity index is 1.40. The van der Waals surface area contributed by atoms with E-state index in [1.165, 1.54) is 11.1 Å². The molecular weight excluding hydrogens is 558 g/mol. The maximum absolute atomic E-state index is 14.5. The van der Waals surface area contributed by atoms with Crippen molar-refractivity contribution in [1.82, 2.24) is 14.7 Å². The number of hydrogen-bond acceptors (Lipinski definition) is 4. The smallest absolute Gasteiger partial charge is 0.245 e. The van der Waals surface area contributed by atoms with Crippen molar-refractivity contribution in [3.63, 3.8) is 0 Å². The second-order valence-electron chi connectivity index (χ2n) is 12.3. The zero-order valence-corrected chi connectivity index (χ0v) is 26.7. The fourth-order valence-corrected chi connectivity index (χ4v) is 6.23.